The van der Waals surface area contributed by atoms with Crippen molar-refractivity contribution < 1.29 is 4.79 Å². The van der Waals surface area contributed by atoms with Crippen molar-refractivity contribution >= 4 is 39.5 Å². The van der Waals surface area contributed by atoms with E-state index in [1.165, 1.54) is 0 Å². The standard InChI is InChI=1S/C21H20N4O2S2/c1-13(2)25(10-18-23-17-6-4-3-5-16(17)20(27)24-18)19(26)9-15-12-29-21(22-15)14-7-8-28-11-14/h3-8,11-13H,9-10H2,1-2H3,(H,23,24,27). The van der Waals surface area contributed by atoms with Crippen molar-refractivity contribution in [3.8, 4) is 10.6 Å². The SMILES string of the molecule is CC(C)N(Cc1nc2ccccc2c(=O)[nH]1)C(=O)Cc1csc(-c2ccsc2)n1. The molecule has 4 aromatic rings. The Balaban J connectivity index is 1.53. The van der Waals surface area contributed by atoms with Gasteiger partial charge in [0.05, 0.1) is 29.6 Å². The van der Waals surface area contributed by atoms with Gasteiger partial charge < -0.3 is 9.88 Å². The van der Waals surface area contributed by atoms with Crippen LogP contribution in [0.25, 0.3) is 21.5 Å². The van der Waals surface area contributed by atoms with Crippen molar-refractivity contribution in [2.75, 3.05) is 0 Å². The fraction of sp³-hybridized carbons (Fsp3) is 0.238. The molecule has 0 saturated carbocycles. The van der Waals surface area contributed by atoms with Crippen LogP contribution < -0.4 is 5.56 Å². The van der Waals surface area contributed by atoms with Gasteiger partial charge in [-0.3, -0.25) is 9.59 Å². The number of rotatable bonds is 6. The molecule has 3 heterocycles. The second kappa shape index (κ2) is 8.26. The molecule has 0 aliphatic carbocycles. The van der Waals surface area contributed by atoms with Crippen LogP contribution in [-0.4, -0.2) is 31.8 Å². The van der Waals surface area contributed by atoms with Crippen LogP contribution in [0.2, 0.25) is 0 Å². The summed E-state index contributed by atoms with van der Waals surface area (Å²) in [6.45, 7) is 4.15. The van der Waals surface area contributed by atoms with Gasteiger partial charge in [-0.2, -0.15) is 11.3 Å². The molecule has 6 nitrogen and oxygen atoms in total. The Kier molecular flexibility index (Phi) is 5.55. The Labute approximate surface area is 175 Å². The predicted octanol–water partition coefficient (Wildman–Crippen LogP) is 4.09. The van der Waals surface area contributed by atoms with Gasteiger partial charge in [-0.1, -0.05) is 12.1 Å². The number of para-hydroxylation sites is 1. The summed E-state index contributed by atoms with van der Waals surface area (Å²) in [5.41, 5.74) is 2.27. The first-order valence-electron chi connectivity index (χ1n) is 9.25. The maximum absolute atomic E-state index is 13.0. The van der Waals surface area contributed by atoms with E-state index in [9.17, 15) is 9.59 Å². The molecule has 1 amide bonds. The van der Waals surface area contributed by atoms with Gasteiger partial charge in [0.15, 0.2) is 0 Å². The molecule has 0 aliphatic rings. The number of fused-ring (bicyclic) bond motifs is 1. The third-order valence-corrected chi connectivity index (χ3v) is 6.20. The molecular formula is C21H20N4O2S2. The van der Waals surface area contributed by atoms with Crippen LogP contribution in [0.1, 0.15) is 25.4 Å². The smallest absolute Gasteiger partial charge is 0.258 e. The van der Waals surface area contributed by atoms with Crippen LogP contribution in [0.5, 0.6) is 0 Å². The molecule has 1 aromatic carbocycles. The highest BCUT2D eigenvalue weighted by atomic mass is 32.1. The average Bonchev–Trinajstić information content (AvgIpc) is 3.37. The van der Waals surface area contributed by atoms with Crippen LogP contribution in [0.3, 0.4) is 0 Å². The monoisotopic (exact) mass is 424 g/mol. The summed E-state index contributed by atoms with van der Waals surface area (Å²) in [7, 11) is 0. The van der Waals surface area contributed by atoms with Crippen molar-refractivity contribution in [3.05, 3.63) is 68.3 Å². The van der Waals surface area contributed by atoms with Crippen molar-refractivity contribution in [2.24, 2.45) is 0 Å². The molecule has 0 aliphatic heterocycles. The Hall–Kier alpha value is -2.84. The van der Waals surface area contributed by atoms with Gasteiger partial charge in [0, 0.05) is 22.4 Å². The van der Waals surface area contributed by atoms with Crippen molar-refractivity contribution in [1.82, 2.24) is 19.9 Å². The first-order valence-corrected chi connectivity index (χ1v) is 11.1. The summed E-state index contributed by atoms with van der Waals surface area (Å²) in [4.78, 5) is 38.9. The number of thiazole rings is 1. The predicted molar refractivity (Wildman–Crippen MR) is 117 cm³/mol. The van der Waals surface area contributed by atoms with Gasteiger partial charge in [-0.15, -0.1) is 11.3 Å². The summed E-state index contributed by atoms with van der Waals surface area (Å²) >= 11 is 3.17. The number of hydrogen-bond donors (Lipinski definition) is 1. The number of amides is 1. The van der Waals surface area contributed by atoms with Gasteiger partial charge in [0.1, 0.15) is 10.8 Å². The van der Waals surface area contributed by atoms with E-state index >= 15 is 0 Å². The Bertz CT molecular complexity index is 1190. The molecular weight excluding hydrogens is 404 g/mol. The molecule has 0 bridgehead atoms. The summed E-state index contributed by atoms with van der Waals surface area (Å²) in [5.74, 6) is 0.436. The quantitative estimate of drug-likeness (QED) is 0.506. The van der Waals surface area contributed by atoms with Gasteiger partial charge in [0.2, 0.25) is 5.91 Å². The van der Waals surface area contributed by atoms with Crippen molar-refractivity contribution in [3.63, 3.8) is 0 Å². The van der Waals surface area contributed by atoms with Crippen molar-refractivity contribution in [2.45, 2.75) is 32.9 Å². The fourth-order valence-electron chi connectivity index (χ4n) is 3.09. The molecule has 4 rings (SSSR count). The van der Waals surface area contributed by atoms with E-state index in [-0.39, 0.29) is 30.5 Å². The number of thiophene rings is 1. The highest BCUT2D eigenvalue weighted by molar-refractivity contribution is 7.14. The lowest BCUT2D eigenvalue weighted by Gasteiger charge is -2.26. The summed E-state index contributed by atoms with van der Waals surface area (Å²) in [6, 6.07) is 9.19. The number of benzene rings is 1. The van der Waals surface area contributed by atoms with E-state index in [0.717, 1.165) is 16.3 Å². The minimum absolute atomic E-state index is 0.0331. The maximum atomic E-state index is 13.0. The second-order valence-electron chi connectivity index (χ2n) is 6.98. The number of nitrogens with one attached hydrogen (secondary N) is 1. The number of carbonyl (C=O) groups excluding carboxylic acids is 1. The Morgan fingerprint density at radius 2 is 2.00 bits per heavy atom. The molecule has 0 fully saturated rings. The van der Waals surface area contributed by atoms with Gasteiger partial charge >= 0.3 is 0 Å². The lowest BCUT2D eigenvalue weighted by molar-refractivity contribution is -0.133. The van der Waals surface area contributed by atoms with E-state index in [1.54, 1.807) is 45.8 Å². The molecule has 0 spiro atoms. The number of hydrogen-bond acceptors (Lipinski definition) is 6. The summed E-state index contributed by atoms with van der Waals surface area (Å²) in [6.07, 6.45) is 0.219. The lowest BCUT2D eigenvalue weighted by Crippen LogP contribution is -2.38. The zero-order chi connectivity index (χ0) is 20.4. The van der Waals surface area contributed by atoms with E-state index in [1.807, 2.05) is 42.1 Å². The number of H-pyrrole nitrogens is 1. The highest BCUT2D eigenvalue weighted by Crippen LogP contribution is 2.26. The second-order valence-corrected chi connectivity index (χ2v) is 8.62. The van der Waals surface area contributed by atoms with E-state index in [2.05, 4.69) is 15.0 Å². The molecule has 8 heteroatoms. The Morgan fingerprint density at radius 1 is 1.17 bits per heavy atom. The zero-order valence-corrected chi connectivity index (χ0v) is 17.7. The third-order valence-electron chi connectivity index (χ3n) is 4.58. The molecule has 0 radical (unpaired) electrons. The molecule has 0 atom stereocenters. The summed E-state index contributed by atoms with van der Waals surface area (Å²) < 4.78 is 0. The van der Waals surface area contributed by atoms with E-state index in [4.69, 9.17) is 0 Å². The maximum Gasteiger partial charge on any atom is 0.258 e. The van der Waals surface area contributed by atoms with Crippen LogP contribution in [-0.2, 0) is 17.8 Å². The largest absolute Gasteiger partial charge is 0.332 e. The first-order chi connectivity index (χ1) is 14.0. The minimum atomic E-state index is -0.193. The summed E-state index contributed by atoms with van der Waals surface area (Å²) in [5, 5.41) is 7.46. The van der Waals surface area contributed by atoms with E-state index < -0.39 is 0 Å². The average molecular weight is 425 g/mol. The number of aromatic amines is 1. The zero-order valence-electron chi connectivity index (χ0n) is 16.1. The topological polar surface area (TPSA) is 79.0 Å². The van der Waals surface area contributed by atoms with Crippen molar-refractivity contribution in [1.29, 1.82) is 0 Å². The van der Waals surface area contributed by atoms with Crippen LogP contribution in [0.15, 0.2) is 51.3 Å². The number of carbonyl (C=O) groups is 1. The van der Waals surface area contributed by atoms with Crippen LogP contribution in [0.4, 0.5) is 0 Å². The lowest BCUT2D eigenvalue weighted by atomic mass is 10.2. The third kappa shape index (κ3) is 4.28. The normalized spacial score (nSPS) is 11.3. The van der Waals surface area contributed by atoms with Gasteiger partial charge in [0.25, 0.3) is 5.56 Å². The van der Waals surface area contributed by atoms with E-state index in [0.29, 0.717) is 16.7 Å². The van der Waals surface area contributed by atoms with Gasteiger partial charge in [-0.25, -0.2) is 9.97 Å². The number of nitrogens with zero attached hydrogens (tertiary/aromatic N) is 3. The molecule has 3 aromatic heterocycles. The molecule has 29 heavy (non-hydrogen) atoms. The Morgan fingerprint density at radius 3 is 2.76 bits per heavy atom. The fourth-order valence-corrected chi connectivity index (χ4v) is 4.63. The van der Waals surface area contributed by atoms with Crippen LogP contribution >= 0.6 is 22.7 Å². The molecule has 148 valence electrons. The van der Waals surface area contributed by atoms with Gasteiger partial charge in [-0.05, 0) is 37.4 Å². The minimum Gasteiger partial charge on any atom is -0.332 e. The molecule has 1 N–H and O–H groups in total. The highest BCUT2D eigenvalue weighted by Gasteiger charge is 2.20. The number of aromatic nitrogens is 3. The molecule has 0 saturated heterocycles. The first kappa shape index (κ1) is 19.5. The van der Waals surface area contributed by atoms with Crippen LogP contribution in [0, 0.1) is 0 Å². The molecule has 0 unspecified atom stereocenters.